The zero-order valence-electron chi connectivity index (χ0n) is 10.7. The molecule has 1 aromatic heterocycles. The Morgan fingerprint density at radius 1 is 0.947 bits per heavy atom. The number of aromatic nitrogens is 2. The van der Waals surface area contributed by atoms with Gasteiger partial charge in [0.2, 0.25) is 0 Å². The summed E-state index contributed by atoms with van der Waals surface area (Å²) in [6.07, 6.45) is 0. The van der Waals surface area contributed by atoms with Crippen molar-refractivity contribution in [3.63, 3.8) is 0 Å². The number of rotatable bonds is 2. The SMILES string of the molecule is Cc1cccc(-c2cc(N)nn2-c2ccccc2)c1. The van der Waals surface area contributed by atoms with Crippen LogP contribution in [0.4, 0.5) is 5.82 Å². The molecular weight excluding hydrogens is 234 g/mol. The molecule has 0 atom stereocenters. The molecule has 3 heteroatoms. The number of hydrogen-bond acceptors (Lipinski definition) is 2. The second-order valence-electron chi connectivity index (χ2n) is 4.57. The third-order valence-corrected chi connectivity index (χ3v) is 3.04. The molecule has 0 unspecified atom stereocenters. The summed E-state index contributed by atoms with van der Waals surface area (Å²) in [5, 5.41) is 4.38. The normalized spacial score (nSPS) is 10.6. The largest absolute Gasteiger partial charge is 0.382 e. The van der Waals surface area contributed by atoms with Gasteiger partial charge in [0.05, 0.1) is 11.4 Å². The molecule has 0 aliphatic heterocycles. The van der Waals surface area contributed by atoms with Crippen molar-refractivity contribution in [2.75, 3.05) is 5.73 Å². The van der Waals surface area contributed by atoms with Gasteiger partial charge in [-0.1, -0.05) is 42.0 Å². The molecule has 0 aliphatic rings. The van der Waals surface area contributed by atoms with Crippen LogP contribution >= 0.6 is 0 Å². The predicted octanol–water partition coefficient (Wildman–Crippen LogP) is 3.43. The number of hydrogen-bond donors (Lipinski definition) is 1. The molecule has 3 aromatic rings. The molecule has 0 aliphatic carbocycles. The Balaban J connectivity index is 2.18. The first-order valence-electron chi connectivity index (χ1n) is 6.22. The molecule has 0 saturated carbocycles. The van der Waals surface area contributed by atoms with Gasteiger partial charge in [-0.2, -0.15) is 5.10 Å². The van der Waals surface area contributed by atoms with Crippen molar-refractivity contribution in [3.8, 4) is 16.9 Å². The summed E-state index contributed by atoms with van der Waals surface area (Å²) >= 11 is 0. The zero-order chi connectivity index (χ0) is 13.2. The first-order valence-corrected chi connectivity index (χ1v) is 6.22. The fraction of sp³-hybridized carbons (Fsp3) is 0.0625. The van der Waals surface area contributed by atoms with Crippen LogP contribution in [0.15, 0.2) is 60.7 Å². The van der Waals surface area contributed by atoms with Crippen LogP contribution in [0, 0.1) is 6.92 Å². The highest BCUT2D eigenvalue weighted by Gasteiger charge is 2.09. The van der Waals surface area contributed by atoms with E-state index >= 15 is 0 Å². The van der Waals surface area contributed by atoms with Gasteiger partial charge in [0.1, 0.15) is 5.82 Å². The minimum Gasteiger partial charge on any atom is -0.382 e. The number of aryl methyl sites for hydroxylation is 1. The second kappa shape index (κ2) is 4.61. The van der Waals surface area contributed by atoms with Gasteiger partial charge in [-0.15, -0.1) is 0 Å². The summed E-state index contributed by atoms with van der Waals surface area (Å²) < 4.78 is 1.88. The number of benzene rings is 2. The first-order chi connectivity index (χ1) is 9.24. The lowest BCUT2D eigenvalue weighted by Gasteiger charge is -2.07. The number of nitrogens with two attached hydrogens (primary N) is 1. The molecule has 19 heavy (non-hydrogen) atoms. The quantitative estimate of drug-likeness (QED) is 0.756. The summed E-state index contributed by atoms with van der Waals surface area (Å²) in [6, 6.07) is 20.3. The van der Waals surface area contributed by atoms with Crippen molar-refractivity contribution in [2.45, 2.75) is 6.92 Å². The van der Waals surface area contributed by atoms with Crippen LogP contribution in [0.3, 0.4) is 0 Å². The van der Waals surface area contributed by atoms with Crippen LogP contribution in [0.2, 0.25) is 0 Å². The maximum absolute atomic E-state index is 5.86. The van der Waals surface area contributed by atoms with E-state index in [9.17, 15) is 0 Å². The molecule has 2 aromatic carbocycles. The maximum atomic E-state index is 5.86. The molecule has 0 fully saturated rings. The Kier molecular flexibility index (Phi) is 2.80. The molecule has 0 spiro atoms. The lowest BCUT2D eigenvalue weighted by Crippen LogP contribution is -1.99. The van der Waals surface area contributed by atoms with E-state index in [0.29, 0.717) is 5.82 Å². The minimum atomic E-state index is 0.528. The fourth-order valence-electron chi connectivity index (χ4n) is 2.18. The Morgan fingerprint density at radius 2 is 1.74 bits per heavy atom. The number of anilines is 1. The Labute approximate surface area is 112 Å². The fourth-order valence-corrected chi connectivity index (χ4v) is 2.18. The van der Waals surface area contributed by atoms with E-state index in [-0.39, 0.29) is 0 Å². The number of nitrogens with zero attached hydrogens (tertiary/aromatic N) is 2. The average molecular weight is 249 g/mol. The molecule has 1 heterocycles. The lowest BCUT2D eigenvalue weighted by molar-refractivity contribution is 0.893. The van der Waals surface area contributed by atoms with Gasteiger partial charge in [0, 0.05) is 11.6 Å². The smallest absolute Gasteiger partial charge is 0.146 e. The van der Waals surface area contributed by atoms with Crippen LogP contribution in [0.25, 0.3) is 16.9 Å². The van der Waals surface area contributed by atoms with Crippen LogP contribution in [-0.2, 0) is 0 Å². The van der Waals surface area contributed by atoms with Gasteiger partial charge in [0.25, 0.3) is 0 Å². The highest BCUT2D eigenvalue weighted by molar-refractivity contribution is 5.66. The van der Waals surface area contributed by atoms with Crippen LogP contribution in [0.1, 0.15) is 5.56 Å². The highest BCUT2D eigenvalue weighted by Crippen LogP contribution is 2.25. The van der Waals surface area contributed by atoms with Crippen molar-refractivity contribution >= 4 is 5.82 Å². The molecule has 3 nitrogen and oxygen atoms in total. The Morgan fingerprint density at radius 3 is 2.47 bits per heavy atom. The summed E-state index contributed by atoms with van der Waals surface area (Å²) in [4.78, 5) is 0. The van der Waals surface area contributed by atoms with E-state index in [0.717, 1.165) is 16.9 Å². The summed E-state index contributed by atoms with van der Waals surface area (Å²) in [5.41, 5.74) is 10.2. The second-order valence-corrected chi connectivity index (χ2v) is 4.57. The maximum Gasteiger partial charge on any atom is 0.146 e. The van der Waals surface area contributed by atoms with Gasteiger partial charge >= 0.3 is 0 Å². The van der Waals surface area contributed by atoms with Gasteiger partial charge < -0.3 is 5.73 Å². The molecule has 0 saturated heterocycles. The van der Waals surface area contributed by atoms with Gasteiger partial charge in [-0.05, 0) is 25.1 Å². The van der Waals surface area contributed by atoms with Gasteiger partial charge in [-0.3, -0.25) is 0 Å². The van der Waals surface area contributed by atoms with Crippen molar-refractivity contribution in [1.82, 2.24) is 9.78 Å². The molecule has 0 bridgehead atoms. The monoisotopic (exact) mass is 249 g/mol. The molecule has 0 radical (unpaired) electrons. The first kappa shape index (κ1) is 11.5. The summed E-state index contributed by atoms with van der Waals surface area (Å²) in [7, 11) is 0. The van der Waals surface area contributed by atoms with Crippen molar-refractivity contribution in [1.29, 1.82) is 0 Å². The Bertz CT molecular complexity index is 699. The number of para-hydroxylation sites is 1. The van der Waals surface area contributed by atoms with Gasteiger partial charge in [0.15, 0.2) is 0 Å². The van der Waals surface area contributed by atoms with Crippen LogP contribution in [-0.4, -0.2) is 9.78 Å². The summed E-state index contributed by atoms with van der Waals surface area (Å²) in [6.45, 7) is 2.08. The van der Waals surface area contributed by atoms with Crippen molar-refractivity contribution < 1.29 is 0 Å². The van der Waals surface area contributed by atoms with E-state index in [1.165, 1.54) is 5.56 Å². The molecule has 2 N–H and O–H groups in total. The van der Waals surface area contributed by atoms with E-state index in [4.69, 9.17) is 5.73 Å². The molecular formula is C16H15N3. The molecule has 3 rings (SSSR count). The summed E-state index contributed by atoms with van der Waals surface area (Å²) in [5.74, 6) is 0.528. The van der Waals surface area contributed by atoms with E-state index < -0.39 is 0 Å². The van der Waals surface area contributed by atoms with Crippen molar-refractivity contribution in [3.05, 3.63) is 66.2 Å². The predicted molar refractivity (Wildman–Crippen MR) is 78.1 cm³/mol. The van der Waals surface area contributed by atoms with E-state index in [2.05, 4.69) is 30.2 Å². The molecule has 94 valence electrons. The van der Waals surface area contributed by atoms with E-state index in [1.54, 1.807) is 0 Å². The van der Waals surface area contributed by atoms with Gasteiger partial charge in [-0.25, -0.2) is 4.68 Å². The van der Waals surface area contributed by atoms with Crippen molar-refractivity contribution in [2.24, 2.45) is 0 Å². The lowest BCUT2D eigenvalue weighted by atomic mass is 10.1. The topological polar surface area (TPSA) is 43.8 Å². The third kappa shape index (κ3) is 2.22. The average Bonchev–Trinajstić information content (AvgIpc) is 2.82. The van der Waals surface area contributed by atoms with E-state index in [1.807, 2.05) is 47.1 Å². The third-order valence-electron chi connectivity index (χ3n) is 3.04. The Hall–Kier alpha value is -2.55. The molecule has 0 amide bonds. The zero-order valence-corrected chi connectivity index (χ0v) is 10.7. The number of nitrogen functional groups attached to an aromatic ring is 1. The van der Waals surface area contributed by atoms with Crippen LogP contribution in [0.5, 0.6) is 0 Å². The minimum absolute atomic E-state index is 0.528. The van der Waals surface area contributed by atoms with Crippen LogP contribution < -0.4 is 5.73 Å². The standard InChI is InChI=1S/C16H15N3/c1-12-6-5-7-13(10-12)15-11-16(17)18-19(15)14-8-3-2-4-9-14/h2-11H,1H3,(H2,17,18). The highest BCUT2D eigenvalue weighted by atomic mass is 15.3.